The van der Waals surface area contributed by atoms with Crippen LogP contribution in [0.15, 0.2) is 106 Å². The Balaban J connectivity index is 1.47. The number of anilines is 1. The average Bonchev–Trinajstić information content (AvgIpc) is 3.06. The first kappa shape index (κ1) is 36.6. The Morgan fingerprint density at radius 1 is 0.918 bits per heavy atom. The van der Waals surface area contributed by atoms with Crippen molar-refractivity contribution < 1.29 is 32.7 Å². The number of unbranched alkanes of at least 4 members (excludes halogenated alkanes) is 1. The Bertz CT molecular complexity index is 1870. The van der Waals surface area contributed by atoms with E-state index in [0.29, 0.717) is 23.3 Å². The molecule has 8 nitrogen and oxygen atoms in total. The standard InChI is InChI=1S/C37H35F3N4O4S/c1-2-3-7-24-14-15-32(31(20-24)36(48)44-33(41)16-17-42-29-12-6-11-28(22-29)37(38,39)40)43-35(47)27-10-4-9-26(18-27)23-49-30-13-5-8-25(19-30)21-34(45)46/h4-6,8-15,17-20,22H,2-3,7,16,21,23H2,1H3,(H,43,47)(H,45,46)(H2,41,44,48). The molecule has 2 amide bonds. The van der Waals surface area contributed by atoms with Crippen LogP contribution in [0.2, 0.25) is 0 Å². The number of carboxylic acid groups (broad SMARTS) is 1. The highest BCUT2D eigenvalue weighted by Gasteiger charge is 2.30. The fourth-order valence-electron chi connectivity index (χ4n) is 4.74. The van der Waals surface area contributed by atoms with Gasteiger partial charge in [0.1, 0.15) is 5.84 Å². The maximum atomic E-state index is 13.4. The molecule has 0 spiro atoms. The van der Waals surface area contributed by atoms with Crippen LogP contribution in [0.4, 0.5) is 24.5 Å². The van der Waals surface area contributed by atoms with Gasteiger partial charge in [-0.25, -0.2) is 0 Å². The third kappa shape index (κ3) is 11.5. The highest BCUT2D eigenvalue weighted by molar-refractivity contribution is 7.98. The largest absolute Gasteiger partial charge is 0.481 e. The molecule has 12 heteroatoms. The molecule has 4 rings (SSSR count). The molecule has 0 fully saturated rings. The molecule has 0 aliphatic rings. The number of carboxylic acids is 1. The van der Waals surface area contributed by atoms with Crippen LogP contribution in [0, 0.1) is 0 Å². The minimum atomic E-state index is -4.50. The number of hydrogen-bond donors (Lipinski definition) is 3. The summed E-state index contributed by atoms with van der Waals surface area (Å²) in [5.41, 5.74) is 8.47. The highest BCUT2D eigenvalue weighted by atomic mass is 32.2. The summed E-state index contributed by atoms with van der Waals surface area (Å²) in [5, 5.41) is 11.9. The second-order valence-electron chi connectivity index (χ2n) is 11.1. The molecule has 0 unspecified atom stereocenters. The second kappa shape index (κ2) is 17.3. The van der Waals surface area contributed by atoms with Crippen LogP contribution in [0.1, 0.15) is 69.2 Å². The lowest BCUT2D eigenvalue weighted by molar-refractivity contribution is -0.138. The number of aliphatic carboxylic acids is 1. The Labute approximate surface area is 286 Å². The number of nitrogens with one attached hydrogen (secondary N) is 1. The molecule has 0 saturated heterocycles. The van der Waals surface area contributed by atoms with Crippen LogP contribution in [0.3, 0.4) is 0 Å². The molecule has 4 aromatic rings. The van der Waals surface area contributed by atoms with E-state index < -0.39 is 29.5 Å². The van der Waals surface area contributed by atoms with E-state index in [9.17, 15) is 27.6 Å². The van der Waals surface area contributed by atoms with E-state index in [-0.39, 0.29) is 35.6 Å². The van der Waals surface area contributed by atoms with E-state index in [1.54, 1.807) is 36.4 Å². The number of alkyl halides is 3. The molecular formula is C37H35F3N4O4S. The van der Waals surface area contributed by atoms with Gasteiger partial charge < -0.3 is 16.2 Å². The van der Waals surface area contributed by atoms with Gasteiger partial charge in [-0.3, -0.25) is 19.4 Å². The number of benzene rings is 4. The van der Waals surface area contributed by atoms with Crippen molar-refractivity contribution >= 4 is 53.0 Å². The summed E-state index contributed by atoms with van der Waals surface area (Å²) in [6.45, 7) is 2.05. The van der Waals surface area contributed by atoms with Crippen molar-refractivity contribution in [3.8, 4) is 0 Å². The van der Waals surface area contributed by atoms with Gasteiger partial charge in [-0.2, -0.15) is 18.2 Å². The van der Waals surface area contributed by atoms with E-state index in [2.05, 4.69) is 22.2 Å². The molecule has 0 saturated carbocycles. The molecule has 0 aromatic heterocycles. The first-order valence-electron chi connectivity index (χ1n) is 15.4. The van der Waals surface area contributed by atoms with Crippen LogP contribution in [0.25, 0.3) is 0 Å². The van der Waals surface area contributed by atoms with E-state index in [1.165, 1.54) is 30.1 Å². The number of carbonyl (C=O) groups is 3. The summed E-state index contributed by atoms with van der Waals surface area (Å²) < 4.78 is 39.0. The monoisotopic (exact) mass is 688 g/mol. The van der Waals surface area contributed by atoms with Crippen molar-refractivity contribution in [2.24, 2.45) is 15.7 Å². The van der Waals surface area contributed by atoms with Gasteiger partial charge in [0.15, 0.2) is 0 Å². The number of aliphatic imine (C=N–C) groups is 2. The van der Waals surface area contributed by atoms with Crippen molar-refractivity contribution in [3.63, 3.8) is 0 Å². The minimum Gasteiger partial charge on any atom is -0.481 e. The fourth-order valence-corrected chi connectivity index (χ4v) is 5.66. The van der Waals surface area contributed by atoms with Crippen molar-refractivity contribution in [2.45, 2.75) is 55.9 Å². The molecule has 49 heavy (non-hydrogen) atoms. The van der Waals surface area contributed by atoms with Crippen LogP contribution in [0.5, 0.6) is 0 Å². The van der Waals surface area contributed by atoms with Gasteiger partial charge in [0.2, 0.25) is 0 Å². The lowest BCUT2D eigenvalue weighted by atomic mass is 10.0. The zero-order valence-corrected chi connectivity index (χ0v) is 27.5. The number of halogens is 3. The summed E-state index contributed by atoms with van der Waals surface area (Å²) in [6, 6.07) is 24.0. The zero-order valence-electron chi connectivity index (χ0n) is 26.7. The molecule has 4 N–H and O–H groups in total. The molecule has 0 atom stereocenters. The predicted molar refractivity (Wildman–Crippen MR) is 187 cm³/mol. The van der Waals surface area contributed by atoms with Crippen molar-refractivity contribution in [1.82, 2.24) is 0 Å². The number of hydrogen-bond acceptors (Lipinski definition) is 5. The van der Waals surface area contributed by atoms with Crippen molar-refractivity contribution in [2.75, 3.05) is 5.32 Å². The molecule has 0 heterocycles. The molecule has 0 aliphatic heterocycles. The minimum absolute atomic E-state index is 0.0659. The molecule has 0 aliphatic carbocycles. The Morgan fingerprint density at radius 3 is 2.43 bits per heavy atom. The van der Waals surface area contributed by atoms with Gasteiger partial charge in [0, 0.05) is 28.8 Å². The first-order chi connectivity index (χ1) is 23.4. The quantitative estimate of drug-likeness (QED) is 0.0691. The van der Waals surface area contributed by atoms with E-state index in [0.717, 1.165) is 41.0 Å². The van der Waals surface area contributed by atoms with Crippen LogP contribution < -0.4 is 11.1 Å². The highest BCUT2D eigenvalue weighted by Crippen LogP contribution is 2.31. The third-order valence-electron chi connectivity index (χ3n) is 7.19. The van der Waals surface area contributed by atoms with Crippen LogP contribution in [-0.4, -0.2) is 34.9 Å². The summed E-state index contributed by atoms with van der Waals surface area (Å²) in [4.78, 5) is 46.7. The number of carbonyl (C=O) groups excluding carboxylic acids is 2. The van der Waals surface area contributed by atoms with Gasteiger partial charge in [-0.15, -0.1) is 11.8 Å². The van der Waals surface area contributed by atoms with E-state index >= 15 is 0 Å². The number of thioether (sulfide) groups is 1. The predicted octanol–water partition coefficient (Wildman–Crippen LogP) is 8.51. The SMILES string of the molecule is CCCCc1ccc(NC(=O)c2cccc(CSc3cccc(CC(=O)O)c3)c2)c(C(=O)N=C(N)CC=Nc2cccc(C(F)(F)F)c2)c1. The maximum Gasteiger partial charge on any atom is 0.416 e. The molecule has 0 radical (unpaired) electrons. The van der Waals surface area contributed by atoms with Gasteiger partial charge in [0.05, 0.1) is 28.9 Å². The lowest BCUT2D eigenvalue weighted by Crippen LogP contribution is -2.18. The average molecular weight is 689 g/mol. The lowest BCUT2D eigenvalue weighted by Gasteiger charge is -2.12. The number of nitrogens with two attached hydrogens (primary N) is 1. The summed E-state index contributed by atoms with van der Waals surface area (Å²) in [6.07, 6.45) is -0.825. The Morgan fingerprint density at radius 2 is 1.67 bits per heavy atom. The van der Waals surface area contributed by atoms with Gasteiger partial charge in [-0.05, 0) is 84.1 Å². The van der Waals surface area contributed by atoms with E-state index in [4.69, 9.17) is 10.8 Å². The first-order valence-corrected chi connectivity index (χ1v) is 16.4. The summed E-state index contributed by atoms with van der Waals surface area (Å²) >= 11 is 1.51. The number of amides is 2. The smallest absolute Gasteiger partial charge is 0.416 e. The van der Waals surface area contributed by atoms with E-state index in [1.807, 2.05) is 30.3 Å². The Kier molecular flexibility index (Phi) is 12.9. The maximum absolute atomic E-state index is 13.4. The third-order valence-corrected chi connectivity index (χ3v) is 8.25. The topological polar surface area (TPSA) is 134 Å². The molecule has 4 aromatic carbocycles. The number of aryl methyl sites for hydroxylation is 1. The fraction of sp³-hybridized carbons (Fsp3) is 0.216. The van der Waals surface area contributed by atoms with Crippen LogP contribution >= 0.6 is 11.8 Å². The van der Waals surface area contributed by atoms with Crippen LogP contribution in [-0.2, 0) is 29.6 Å². The normalized spacial score (nSPS) is 11.9. The zero-order chi connectivity index (χ0) is 35.4. The van der Waals surface area contributed by atoms with Crippen molar-refractivity contribution in [1.29, 1.82) is 0 Å². The van der Waals surface area contributed by atoms with Gasteiger partial charge in [-0.1, -0.05) is 49.7 Å². The molecule has 254 valence electrons. The molecule has 0 bridgehead atoms. The Hall–Kier alpha value is -5.23. The number of nitrogens with zero attached hydrogens (tertiary/aromatic N) is 2. The summed E-state index contributed by atoms with van der Waals surface area (Å²) in [5.74, 6) is -1.59. The molecular weight excluding hydrogens is 653 g/mol. The number of amidine groups is 1. The number of rotatable bonds is 14. The summed E-state index contributed by atoms with van der Waals surface area (Å²) in [7, 11) is 0. The van der Waals surface area contributed by atoms with Gasteiger partial charge >= 0.3 is 12.1 Å². The second-order valence-corrected chi connectivity index (χ2v) is 12.2. The van der Waals surface area contributed by atoms with Gasteiger partial charge in [0.25, 0.3) is 11.8 Å². The van der Waals surface area contributed by atoms with Crippen molar-refractivity contribution in [3.05, 3.63) is 124 Å².